The van der Waals surface area contributed by atoms with E-state index in [0.717, 1.165) is 6.08 Å². The van der Waals surface area contributed by atoms with Crippen molar-refractivity contribution in [3.8, 4) is 0 Å². The Morgan fingerprint density at radius 2 is 1.77 bits per heavy atom. The molecular weight excluding hydrogens is 170 g/mol. The van der Waals surface area contributed by atoms with Gasteiger partial charge in [0.05, 0.1) is 0 Å². The van der Waals surface area contributed by atoms with Crippen molar-refractivity contribution in [3.63, 3.8) is 0 Å². The highest BCUT2D eigenvalue weighted by Gasteiger charge is 2.20. The van der Waals surface area contributed by atoms with Gasteiger partial charge < -0.3 is 10.4 Å². The van der Waals surface area contributed by atoms with Crippen LogP contribution in [0.25, 0.3) is 0 Å². The lowest BCUT2D eigenvalue weighted by Crippen LogP contribution is -2.23. The highest BCUT2D eigenvalue weighted by molar-refractivity contribution is 6.01. The Bertz CT molecular complexity index is 248. The standard InChI is InChI=1S/C9H15NO3/c1-9(2,3)7(12)5-6(11)8(13)10-4/h5,11H,1-4H3,(H,10,13)/b6-5-. The number of allylic oxidation sites excluding steroid dienone is 1. The zero-order valence-corrected chi connectivity index (χ0v) is 8.34. The maximum atomic E-state index is 11.3. The molecule has 0 aliphatic rings. The summed E-state index contributed by atoms with van der Waals surface area (Å²) in [5.74, 6) is -1.49. The van der Waals surface area contributed by atoms with Gasteiger partial charge in [-0.1, -0.05) is 20.8 Å². The average molecular weight is 185 g/mol. The van der Waals surface area contributed by atoms with E-state index in [-0.39, 0.29) is 5.78 Å². The molecule has 0 unspecified atom stereocenters. The summed E-state index contributed by atoms with van der Waals surface area (Å²) in [5, 5.41) is 11.3. The van der Waals surface area contributed by atoms with Gasteiger partial charge in [-0.05, 0) is 0 Å². The molecule has 2 N–H and O–H groups in total. The summed E-state index contributed by atoms with van der Waals surface area (Å²) in [7, 11) is 1.38. The molecule has 0 aliphatic carbocycles. The third-order valence-corrected chi connectivity index (χ3v) is 1.47. The molecule has 13 heavy (non-hydrogen) atoms. The quantitative estimate of drug-likeness (QED) is 0.493. The van der Waals surface area contributed by atoms with E-state index >= 15 is 0 Å². The molecule has 0 aromatic rings. The fourth-order valence-corrected chi connectivity index (χ4v) is 0.534. The van der Waals surface area contributed by atoms with Crippen LogP contribution in [0.3, 0.4) is 0 Å². The number of likely N-dealkylation sites (N-methyl/N-ethyl adjacent to an activating group) is 1. The fraction of sp³-hybridized carbons (Fsp3) is 0.556. The predicted molar refractivity (Wildman–Crippen MR) is 49.2 cm³/mol. The molecule has 0 aromatic carbocycles. The van der Waals surface area contributed by atoms with Gasteiger partial charge in [-0.25, -0.2) is 0 Å². The smallest absolute Gasteiger partial charge is 0.285 e. The van der Waals surface area contributed by atoms with Gasteiger partial charge in [0.25, 0.3) is 5.91 Å². The van der Waals surface area contributed by atoms with Crippen molar-refractivity contribution in [3.05, 3.63) is 11.8 Å². The Morgan fingerprint density at radius 3 is 2.08 bits per heavy atom. The Balaban J connectivity index is 4.59. The summed E-state index contributed by atoms with van der Waals surface area (Å²) in [4.78, 5) is 22.1. The molecule has 0 rings (SSSR count). The van der Waals surface area contributed by atoms with Crippen LogP contribution < -0.4 is 5.32 Å². The lowest BCUT2D eigenvalue weighted by atomic mass is 9.90. The summed E-state index contributed by atoms with van der Waals surface area (Å²) in [6.45, 7) is 5.13. The van der Waals surface area contributed by atoms with E-state index in [1.807, 2.05) is 0 Å². The molecule has 4 nitrogen and oxygen atoms in total. The lowest BCUT2D eigenvalue weighted by molar-refractivity contribution is -0.123. The van der Waals surface area contributed by atoms with Crippen molar-refractivity contribution in [2.75, 3.05) is 7.05 Å². The molecule has 0 aliphatic heterocycles. The van der Waals surface area contributed by atoms with E-state index in [4.69, 9.17) is 5.11 Å². The summed E-state index contributed by atoms with van der Waals surface area (Å²) in [6.07, 6.45) is 0.943. The minimum absolute atomic E-state index is 0.284. The van der Waals surface area contributed by atoms with Gasteiger partial charge in [-0.3, -0.25) is 9.59 Å². The van der Waals surface area contributed by atoms with E-state index in [9.17, 15) is 9.59 Å². The number of ketones is 1. The van der Waals surface area contributed by atoms with E-state index in [2.05, 4.69) is 5.32 Å². The van der Waals surface area contributed by atoms with Gasteiger partial charge in [0.2, 0.25) is 0 Å². The molecule has 4 heteroatoms. The highest BCUT2D eigenvalue weighted by atomic mass is 16.3. The fourth-order valence-electron chi connectivity index (χ4n) is 0.534. The highest BCUT2D eigenvalue weighted by Crippen LogP contribution is 2.15. The number of hydrogen-bond donors (Lipinski definition) is 2. The Morgan fingerprint density at radius 1 is 1.31 bits per heavy atom. The Labute approximate surface area is 77.6 Å². The van der Waals surface area contributed by atoms with Crippen molar-refractivity contribution in [1.82, 2.24) is 5.32 Å². The maximum Gasteiger partial charge on any atom is 0.285 e. The van der Waals surface area contributed by atoms with Crippen LogP contribution in [0.2, 0.25) is 0 Å². The van der Waals surface area contributed by atoms with Gasteiger partial charge in [-0.2, -0.15) is 0 Å². The zero-order chi connectivity index (χ0) is 10.6. The van der Waals surface area contributed by atoms with Gasteiger partial charge in [0.15, 0.2) is 11.5 Å². The third-order valence-electron chi connectivity index (χ3n) is 1.47. The minimum Gasteiger partial charge on any atom is -0.503 e. The summed E-state index contributed by atoms with van der Waals surface area (Å²) in [6, 6.07) is 0. The van der Waals surface area contributed by atoms with Crippen molar-refractivity contribution in [2.45, 2.75) is 20.8 Å². The van der Waals surface area contributed by atoms with Crippen LogP contribution in [0.4, 0.5) is 0 Å². The number of aliphatic hydroxyl groups is 1. The second kappa shape index (κ2) is 4.07. The van der Waals surface area contributed by atoms with Crippen molar-refractivity contribution < 1.29 is 14.7 Å². The number of carbonyl (C=O) groups excluding carboxylic acids is 2. The number of rotatable bonds is 2. The molecular formula is C9H15NO3. The van der Waals surface area contributed by atoms with Crippen molar-refractivity contribution in [2.24, 2.45) is 5.41 Å². The molecule has 0 saturated carbocycles. The van der Waals surface area contributed by atoms with Gasteiger partial charge in [0.1, 0.15) is 0 Å². The third kappa shape index (κ3) is 3.73. The molecule has 1 amide bonds. The minimum atomic E-state index is -0.655. The number of aliphatic hydroxyl groups excluding tert-OH is 1. The summed E-state index contributed by atoms with van der Waals surface area (Å²) in [5.41, 5.74) is -0.581. The van der Waals surface area contributed by atoms with Gasteiger partial charge >= 0.3 is 0 Å². The number of nitrogens with one attached hydrogen (secondary N) is 1. The second-order valence-corrected chi connectivity index (χ2v) is 3.72. The first-order valence-corrected chi connectivity index (χ1v) is 3.96. The first-order valence-electron chi connectivity index (χ1n) is 3.96. The van der Waals surface area contributed by atoms with Crippen molar-refractivity contribution in [1.29, 1.82) is 0 Å². The largest absolute Gasteiger partial charge is 0.503 e. The molecule has 0 radical (unpaired) electrons. The molecule has 0 fully saturated rings. The summed E-state index contributed by atoms with van der Waals surface area (Å²) >= 11 is 0. The van der Waals surface area contributed by atoms with Crippen LogP contribution >= 0.6 is 0 Å². The van der Waals surface area contributed by atoms with Crippen LogP contribution in [0, 0.1) is 5.41 Å². The molecule has 0 saturated heterocycles. The van der Waals surface area contributed by atoms with Crippen LogP contribution in [-0.2, 0) is 9.59 Å². The van der Waals surface area contributed by atoms with Gasteiger partial charge in [-0.15, -0.1) is 0 Å². The predicted octanol–water partition coefficient (Wildman–Crippen LogP) is 0.789. The molecule has 0 bridgehead atoms. The topological polar surface area (TPSA) is 66.4 Å². The molecule has 0 heterocycles. The number of amides is 1. The Hall–Kier alpha value is -1.32. The molecule has 0 spiro atoms. The molecule has 0 atom stereocenters. The SMILES string of the molecule is CNC(=O)/C(O)=C/C(=O)C(C)(C)C. The van der Waals surface area contributed by atoms with E-state index in [1.54, 1.807) is 20.8 Å². The van der Waals surface area contributed by atoms with Crippen molar-refractivity contribution >= 4 is 11.7 Å². The first-order chi connectivity index (χ1) is 5.79. The van der Waals surface area contributed by atoms with E-state index in [0.29, 0.717) is 0 Å². The first kappa shape index (κ1) is 11.7. The number of hydrogen-bond acceptors (Lipinski definition) is 3. The second-order valence-electron chi connectivity index (χ2n) is 3.72. The average Bonchev–Trinajstić information content (AvgIpc) is 2.01. The summed E-state index contributed by atoms with van der Waals surface area (Å²) < 4.78 is 0. The van der Waals surface area contributed by atoms with Crippen LogP contribution in [0.1, 0.15) is 20.8 Å². The number of carbonyl (C=O) groups is 2. The van der Waals surface area contributed by atoms with E-state index < -0.39 is 17.1 Å². The van der Waals surface area contributed by atoms with Crippen LogP contribution in [0.15, 0.2) is 11.8 Å². The normalized spacial score (nSPS) is 12.5. The van der Waals surface area contributed by atoms with Crippen LogP contribution in [-0.4, -0.2) is 23.8 Å². The lowest BCUT2D eigenvalue weighted by Gasteiger charge is -2.13. The maximum absolute atomic E-state index is 11.3. The molecule has 0 aromatic heterocycles. The molecule has 74 valence electrons. The Kier molecular flexibility index (Phi) is 3.66. The monoisotopic (exact) mass is 185 g/mol. The zero-order valence-electron chi connectivity index (χ0n) is 8.34. The van der Waals surface area contributed by atoms with Gasteiger partial charge in [0, 0.05) is 18.5 Å². The van der Waals surface area contributed by atoms with E-state index in [1.165, 1.54) is 7.05 Å². The van der Waals surface area contributed by atoms with Crippen LogP contribution in [0.5, 0.6) is 0 Å².